The van der Waals surface area contributed by atoms with Gasteiger partial charge in [-0.2, -0.15) is 5.10 Å². The Hall–Kier alpha value is -2.44. The number of aromatic nitrogens is 3. The lowest BCUT2D eigenvalue weighted by atomic mass is 9.91. The number of hydrogen-bond acceptors (Lipinski definition) is 5. The van der Waals surface area contributed by atoms with E-state index >= 15 is 0 Å². The number of aryl methyl sites for hydroxylation is 1. The van der Waals surface area contributed by atoms with E-state index in [-0.39, 0.29) is 11.7 Å². The summed E-state index contributed by atoms with van der Waals surface area (Å²) in [4.78, 5) is 14.7. The van der Waals surface area contributed by atoms with Crippen molar-refractivity contribution in [2.45, 2.75) is 32.4 Å². The molecule has 0 bridgehead atoms. The molecule has 7 heteroatoms. The van der Waals surface area contributed by atoms with E-state index in [9.17, 15) is 10.1 Å². The molecule has 1 aromatic carbocycles. The number of fused-ring (bicyclic) bond motifs is 1. The van der Waals surface area contributed by atoms with E-state index in [1.54, 1.807) is 17.1 Å². The molecule has 1 aromatic heterocycles. The Bertz CT molecular complexity index is 679. The zero-order valence-corrected chi connectivity index (χ0v) is 11.4. The first-order valence-corrected chi connectivity index (χ1v) is 6.23. The molecule has 1 unspecified atom stereocenters. The van der Waals surface area contributed by atoms with Gasteiger partial charge in [0.2, 0.25) is 5.75 Å². The zero-order valence-electron chi connectivity index (χ0n) is 11.4. The first-order valence-electron chi connectivity index (χ1n) is 6.23. The van der Waals surface area contributed by atoms with E-state index in [1.807, 2.05) is 20.8 Å². The zero-order chi connectivity index (χ0) is 14.5. The van der Waals surface area contributed by atoms with E-state index in [2.05, 4.69) is 10.1 Å². The molecule has 7 nitrogen and oxygen atoms in total. The number of ether oxygens (including phenoxy) is 1. The maximum Gasteiger partial charge on any atom is 0.311 e. The highest BCUT2D eigenvalue weighted by Crippen LogP contribution is 2.50. The van der Waals surface area contributed by atoms with Crippen molar-refractivity contribution in [3.63, 3.8) is 0 Å². The van der Waals surface area contributed by atoms with Gasteiger partial charge in [0.05, 0.1) is 4.92 Å². The summed E-state index contributed by atoms with van der Waals surface area (Å²) in [5, 5.41) is 15.3. The Morgan fingerprint density at radius 3 is 2.80 bits per heavy atom. The van der Waals surface area contributed by atoms with Crippen molar-refractivity contribution in [3.05, 3.63) is 46.0 Å². The molecule has 1 aliphatic heterocycles. The maximum absolute atomic E-state index is 11.2. The van der Waals surface area contributed by atoms with Gasteiger partial charge in [-0.3, -0.25) is 10.1 Å². The average molecular weight is 274 g/mol. The molecule has 1 aliphatic rings. The molecular formula is C13H14N4O3. The maximum atomic E-state index is 11.2. The predicted octanol–water partition coefficient (Wildman–Crippen LogP) is 2.26. The van der Waals surface area contributed by atoms with Gasteiger partial charge in [0.1, 0.15) is 24.3 Å². The lowest BCUT2D eigenvalue weighted by molar-refractivity contribution is -0.386. The monoisotopic (exact) mass is 274 g/mol. The van der Waals surface area contributed by atoms with Crippen molar-refractivity contribution in [1.82, 2.24) is 14.8 Å². The smallest absolute Gasteiger partial charge is 0.311 e. The van der Waals surface area contributed by atoms with E-state index < -0.39 is 10.5 Å². The Kier molecular flexibility index (Phi) is 2.53. The lowest BCUT2D eigenvalue weighted by Crippen LogP contribution is -2.35. The summed E-state index contributed by atoms with van der Waals surface area (Å²) < 4.78 is 7.56. The fourth-order valence-electron chi connectivity index (χ4n) is 2.75. The van der Waals surface area contributed by atoms with Crippen LogP contribution in [0.4, 0.5) is 5.69 Å². The number of hydrogen-bond donors (Lipinski definition) is 0. The van der Waals surface area contributed by atoms with Gasteiger partial charge in [0, 0.05) is 11.6 Å². The lowest BCUT2D eigenvalue weighted by Gasteiger charge is -2.26. The van der Waals surface area contributed by atoms with Crippen molar-refractivity contribution < 1.29 is 9.66 Å². The van der Waals surface area contributed by atoms with Crippen molar-refractivity contribution >= 4 is 5.69 Å². The molecule has 0 fully saturated rings. The Labute approximate surface area is 115 Å². The Morgan fingerprint density at radius 1 is 1.45 bits per heavy atom. The highest BCUT2D eigenvalue weighted by atomic mass is 16.6. The summed E-state index contributed by atoms with van der Waals surface area (Å²) >= 11 is 0. The van der Waals surface area contributed by atoms with Gasteiger partial charge in [-0.05, 0) is 26.3 Å². The molecule has 0 amide bonds. The van der Waals surface area contributed by atoms with Crippen LogP contribution in [0.5, 0.6) is 5.75 Å². The number of nitro groups is 1. The van der Waals surface area contributed by atoms with Gasteiger partial charge in [-0.1, -0.05) is 6.07 Å². The van der Waals surface area contributed by atoms with E-state index in [0.29, 0.717) is 5.75 Å². The summed E-state index contributed by atoms with van der Waals surface area (Å²) in [7, 11) is 0. The molecular weight excluding hydrogens is 260 g/mol. The second-order valence-corrected chi connectivity index (χ2v) is 5.39. The Morgan fingerprint density at radius 2 is 2.20 bits per heavy atom. The third-order valence-electron chi connectivity index (χ3n) is 3.59. The molecule has 3 rings (SSSR count). The normalized spacial score (nSPS) is 19.4. The van der Waals surface area contributed by atoms with Crippen molar-refractivity contribution in [1.29, 1.82) is 0 Å². The number of nitro benzene ring substituents is 1. The fourth-order valence-corrected chi connectivity index (χ4v) is 2.75. The fraction of sp³-hybridized carbons (Fsp3) is 0.385. The topological polar surface area (TPSA) is 83.1 Å². The molecule has 0 saturated carbocycles. The third kappa shape index (κ3) is 1.66. The van der Waals surface area contributed by atoms with Gasteiger partial charge in [0.15, 0.2) is 0 Å². The van der Waals surface area contributed by atoms with Crippen molar-refractivity contribution in [3.8, 4) is 5.75 Å². The van der Waals surface area contributed by atoms with E-state index in [4.69, 9.17) is 4.74 Å². The average Bonchev–Trinajstić information content (AvgIpc) is 2.93. The SMILES string of the molecule is Cc1ccc([N+](=O)[O-])c2c1C(n1cncn1)C(C)(C)O2. The van der Waals surface area contributed by atoms with E-state index in [0.717, 1.165) is 11.1 Å². The number of rotatable bonds is 2. The van der Waals surface area contributed by atoms with Crippen LogP contribution in [0, 0.1) is 17.0 Å². The van der Waals surface area contributed by atoms with Gasteiger partial charge < -0.3 is 4.74 Å². The third-order valence-corrected chi connectivity index (χ3v) is 3.59. The molecule has 2 aromatic rings. The largest absolute Gasteiger partial charge is 0.478 e. The minimum Gasteiger partial charge on any atom is -0.478 e. The van der Waals surface area contributed by atoms with E-state index in [1.165, 1.54) is 12.4 Å². The predicted molar refractivity (Wildman–Crippen MR) is 70.7 cm³/mol. The van der Waals surface area contributed by atoms with Crippen LogP contribution in [-0.2, 0) is 0 Å². The number of nitrogens with zero attached hydrogens (tertiary/aromatic N) is 4. The van der Waals surface area contributed by atoms with Gasteiger partial charge >= 0.3 is 5.69 Å². The van der Waals surface area contributed by atoms with Crippen LogP contribution in [0.1, 0.15) is 31.0 Å². The Balaban J connectivity index is 2.26. The first-order chi connectivity index (χ1) is 9.42. The summed E-state index contributed by atoms with van der Waals surface area (Å²) in [6.07, 6.45) is 3.05. The summed E-state index contributed by atoms with van der Waals surface area (Å²) in [5.41, 5.74) is 1.10. The molecule has 104 valence electrons. The van der Waals surface area contributed by atoms with Gasteiger partial charge in [-0.15, -0.1) is 0 Å². The molecule has 20 heavy (non-hydrogen) atoms. The van der Waals surface area contributed by atoms with Crippen LogP contribution < -0.4 is 4.74 Å². The molecule has 0 saturated heterocycles. The highest BCUT2D eigenvalue weighted by molar-refractivity contribution is 5.59. The summed E-state index contributed by atoms with van der Waals surface area (Å²) in [6.45, 7) is 5.70. The van der Waals surface area contributed by atoms with Crippen LogP contribution in [0.3, 0.4) is 0 Å². The minimum absolute atomic E-state index is 0.0127. The second-order valence-electron chi connectivity index (χ2n) is 5.39. The van der Waals surface area contributed by atoms with Gasteiger partial charge in [0.25, 0.3) is 0 Å². The van der Waals surface area contributed by atoms with Crippen LogP contribution in [-0.4, -0.2) is 25.3 Å². The highest BCUT2D eigenvalue weighted by Gasteiger charge is 2.47. The summed E-state index contributed by atoms with van der Waals surface area (Å²) in [5.74, 6) is 0.334. The molecule has 2 heterocycles. The quantitative estimate of drug-likeness (QED) is 0.619. The first kappa shape index (κ1) is 12.6. The minimum atomic E-state index is -0.632. The second kappa shape index (κ2) is 4.03. The van der Waals surface area contributed by atoms with Crippen LogP contribution in [0.15, 0.2) is 24.8 Å². The number of benzene rings is 1. The molecule has 0 aliphatic carbocycles. The standard InChI is InChI=1S/C13H14N4O3/c1-8-4-5-9(17(18)19)11-10(8)12(13(2,3)20-11)16-7-14-6-15-16/h4-7,12H,1-3H3. The molecule has 1 atom stereocenters. The molecule has 0 radical (unpaired) electrons. The van der Waals surface area contributed by atoms with Crippen molar-refractivity contribution in [2.24, 2.45) is 0 Å². The molecule has 0 N–H and O–H groups in total. The molecule has 0 spiro atoms. The van der Waals surface area contributed by atoms with Crippen LogP contribution >= 0.6 is 0 Å². The van der Waals surface area contributed by atoms with Crippen molar-refractivity contribution in [2.75, 3.05) is 0 Å². The van der Waals surface area contributed by atoms with Gasteiger partial charge in [-0.25, -0.2) is 9.67 Å². The van der Waals surface area contributed by atoms with Crippen LogP contribution in [0.25, 0.3) is 0 Å². The summed E-state index contributed by atoms with van der Waals surface area (Å²) in [6, 6.07) is 2.99. The van der Waals surface area contributed by atoms with Crippen LogP contribution in [0.2, 0.25) is 0 Å².